The molecule has 4 heteroatoms. The van der Waals surface area contributed by atoms with Crippen LogP contribution in [0.4, 0.5) is 4.79 Å². The number of ether oxygens (including phenoxy) is 1. The zero-order chi connectivity index (χ0) is 12.8. The Labute approximate surface area is 110 Å². The van der Waals surface area contributed by atoms with Crippen LogP contribution < -0.4 is 5.73 Å². The third kappa shape index (κ3) is 3.87. The summed E-state index contributed by atoms with van der Waals surface area (Å²) in [5, 5.41) is 0. The molecule has 2 N–H and O–H groups in total. The molecule has 0 spiro atoms. The number of amides is 1. The van der Waals surface area contributed by atoms with E-state index >= 15 is 0 Å². The summed E-state index contributed by atoms with van der Waals surface area (Å²) in [4.78, 5) is 13.8. The molecule has 2 aliphatic rings. The molecule has 0 unspecified atom stereocenters. The average molecular weight is 254 g/mol. The topological polar surface area (TPSA) is 55.6 Å². The minimum absolute atomic E-state index is 0.160. The number of rotatable bonds is 2. The van der Waals surface area contributed by atoms with E-state index in [1.807, 2.05) is 4.90 Å². The Morgan fingerprint density at radius 2 is 1.56 bits per heavy atom. The number of hydrogen-bond acceptors (Lipinski definition) is 3. The van der Waals surface area contributed by atoms with E-state index in [1.165, 1.54) is 19.3 Å². The van der Waals surface area contributed by atoms with Crippen LogP contribution in [0.15, 0.2) is 0 Å². The fraction of sp³-hybridized carbons (Fsp3) is 0.929. The second kappa shape index (κ2) is 6.41. The highest BCUT2D eigenvalue weighted by atomic mass is 16.6. The van der Waals surface area contributed by atoms with Crippen LogP contribution in [-0.2, 0) is 4.74 Å². The Balaban J connectivity index is 1.76. The van der Waals surface area contributed by atoms with E-state index in [-0.39, 0.29) is 11.6 Å². The van der Waals surface area contributed by atoms with E-state index < -0.39 is 0 Å². The number of carbonyl (C=O) groups is 1. The number of carbonyl (C=O) groups excluding carboxylic acids is 1. The van der Waals surface area contributed by atoms with Crippen molar-refractivity contribution in [1.29, 1.82) is 0 Å². The highest BCUT2D eigenvalue weighted by molar-refractivity contribution is 5.67. The molecule has 0 aromatic carbocycles. The van der Waals surface area contributed by atoms with Crippen molar-refractivity contribution in [3.05, 3.63) is 0 Å². The summed E-state index contributed by atoms with van der Waals surface area (Å²) in [5.41, 5.74) is 6.01. The molecule has 0 bridgehead atoms. The first-order valence-corrected chi connectivity index (χ1v) is 7.40. The van der Waals surface area contributed by atoms with Crippen LogP contribution in [0.2, 0.25) is 0 Å². The molecule has 2 rings (SSSR count). The van der Waals surface area contributed by atoms with Gasteiger partial charge in [-0.1, -0.05) is 32.1 Å². The normalized spacial score (nSPS) is 24.4. The van der Waals surface area contributed by atoms with Crippen molar-refractivity contribution in [2.24, 2.45) is 5.73 Å². The van der Waals surface area contributed by atoms with Crippen LogP contribution in [0.25, 0.3) is 0 Å². The van der Waals surface area contributed by atoms with Gasteiger partial charge >= 0.3 is 6.09 Å². The first kappa shape index (κ1) is 13.7. The van der Waals surface area contributed by atoms with Crippen LogP contribution in [0.1, 0.15) is 57.8 Å². The van der Waals surface area contributed by atoms with Gasteiger partial charge in [0.15, 0.2) is 0 Å². The highest BCUT2D eigenvalue weighted by Crippen LogP contribution is 2.26. The molecule has 1 aliphatic heterocycles. The second-order valence-corrected chi connectivity index (χ2v) is 5.88. The molecule has 0 atom stereocenters. The molecule has 1 heterocycles. The lowest BCUT2D eigenvalue weighted by molar-refractivity contribution is 0.0711. The van der Waals surface area contributed by atoms with Gasteiger partial charge in [-0.15, -0.1) is 0 Å². The van der Waals surface area contributed by atoms with Crippen molar-refractivity contribution >= 4 is 6.09 Å². The van der Waals surface area contributed by atoms with Crippen LogP contribution in [0.5, 0.6) is 0 Å². The molecular weight excluding hydrogens is 228 g/mol. The van der Waals surface area contributed by atoms with Gasteiger partial charge in [0, 0.05) is 13.1 Å². The number of nitrogens with zero attached hydrogens (tertiary/aromatic N) is 1. The molecule has 18 heavy (non-hydrogen) atoms. The van der Waals surface area contributed by atoms with Crippen molar-refractivity contribution in [3.8, 4) is 0 Å². The van der Waals surface area contributed by atoms with Crippen LogP contribution in [0, 0.1) is 0 Å². The maximum Gasteiger partial charge on any atom is 0.409 e. The molecule has 1 amide bonds. The van der Waals surface area contributed by atoms with Crippen molar-refractivity contribution < 1.29 is 9.53 Å². The first-order valence-electron chi connectivity index (χ1n) is 7.40. The van der Waals surface area contributed by atoms with Gasteiger partial charge in [-0.2, -0.15) is 0 Å². The lowest BCUT2D eigenvalue weighted by Gasteiger charge is -2.33. The predicted octanol–water partition coefficient (Wildman–Crippen LogP) is 2.66. The molecule has 0 radical (unpaired) electrons. The van der Waals surface area contributed by atoms with Gasteiger partial charge in [-0.05, 0) is 25.7 Å². The third-order valence-corrected chi connectivity index (χ3v) is 4.20. The van der Waals surface area contributed by atoms with Gasteiger partial charge in [0.25, 0.3) is 0 Å². The molecular formula is C14H26N2O2. The Bertz CT molecular complexity index is 267. The van der Waals surface area contributed by atoms with Crippen LogP contribution in [-0.4, -0.2) is 36.2 Å². The summed E-state index contributed by atoms with van der Waals surface area (Å²) in [6.45, 7) is 2.08. The van der Waals surface area contributed by atoms with Crippen LogP contribution in [0.3, 0.4) is 0 Å². The third-order valence-electron chi connectivity index (χ3n) is 4.20. The van der Waals surface area contributed by atoms with Crippen molar-refractivity contribution in [2.75, 3.05) is 19.7 Å². The van der Waals surface area contributed by atoms with Gasteiger partial charge in [0.05, 0.1) is 5.54 Å². The number of likely N-dealkylation sites (tertiary alicyclic amines) is 1. The monoisotopic (exact) mass is 254 g/mol. The molecule has 0 aromatic heterocycles. The Kier molecular flexibility index (Phi) is 4.87. The van der Waals surface area contributed by atoms with Crippen molar-refractivity contribution in [1.82, 2.24) is 4.90 Å². The summed E-state index contributed by atoms with van der Waals surface area (Å²) in [6, 6.07) is 0. The lowest BCUT2D eigenvalue weighted by Crippen LogP contribution is -2.47. The Hall–Kier alpha value is -0.770. The van der Waals surface area contributed by atoms with Crippen molar-refractivity contribution in [3.63, 3.8) is 0 Å². The minimum Gasteiger partial charge on any atom is -0.447 e. The van der Waals surface area contributed by atoms with E-state index in [4.69, 9.17) is 10.5 Å². The first-order chi connectivity index (χ1) is 8.70. The fourth-order valence-electron chi connectivity index (χ4n) is 2.95. The quantitative estimate of drug-likeness (QED) is 0.824. The largest absolute Gasteiger partial charge is 0.447 e. The summed E-state index contributed by atoms with van der Waals surface area (Å²) < 4.78 is 5.44. The fourth-order valence-corrected chi connectivity index (χ4v) is 2.95. The number of hydrogen-bond donors (Lipinski definition) is 1. The molecule has 1 saturated heterocycles. The highest BCUT2D eigenvalue weighted by Gasteiger charge is 2.29. The Morgan fingerprint density at radius 3 is 2.17 bits per heavy atom. The zero-order valence-electron chi connectivity index (χ0n) is 11.3. The zero-order valence-corrected chi connectivity index (χ0v) is 11.3. The average Bonchev–Trinajstić information content (AvgIpc) is 2.66. The summed E-state index contributed by atoms with van der Waals surface area (Å²) in [5.74, 6) is 0. The Morgan fingerprint density at radius 1 is 1.00 bits per heavy atom. The van der Waals surface area contributed by atoms with Gasteiger partial charge in [0.2, 0.25) is 0 Å². The van der Waals surface area contributed by atoms with E-state index in [0.29, 0.717) is 6.61 Å². The van der Waals surface area contributed by atoms with Gasteiger partial charge in [0.1, 0.15) is 6.61 Å². The van der Waals surface area contributed by atoms with Crippen molar-refractivity contribution in [2.45, 2.75) is 63.3 Å². The smallest absolute Gasteiger partial charge is 0.409 e. The van der Waals surface area contributed by atoms with Gasteiger partial charge < -0.3 is 15.4 Å². The van der Waals surface area contributed by atoms with Gasteiger partial charge in [-0.25, -0.2) is 4.79 Å². The molecule has 104 valence electrons. The van der Waals surface area contributed by atoms with Gasteiger partial charge in [-0.3, -0.25) is 0 Å². The second-order valence-electron chi connectivity index (χ2n) is 5.88. The maximum absolute atomic E-state index is 12.0. The lowest BCUT2D eigenvalue weighted by atomic mass is 9.83. The molecule has 0 aromatic rings. The summed E-state index contributed by atoms with van der Waals surface area (Å²) >= 11 is 0. The summed E-state index contributed by atoms with van der Waals surface area (Å²) in [7, 11) is 0. The predicted molar refractivity (Wildman–Crippen MR) is 71.4 cm³/mol. The SMILES string of the molecule is NC1(COC(=O)N2CCCCCC2)CCCCC1. The van der Waals surface area contributed by atoms with E-state index in [1.54, 1.807) is 0 Å². The standard InChI is InChI=1S/C14H26N2O2/c15-14(8-4-3-5-9-14)12-18-13(17)16-10-6-1-2-7-11-16/h1-12,15H2. The minimum atomic E-state index is -0.264. The number of nitrogens with two attached hydrogens (primary N) is 1. The van der Waals surface area contributed by atoms with E-state index in [2.05, 4.69) is 0 Å². The van der Waals surface area contributed by atoms with Crippen LogP contribution >= 0.6 is 0 Å². The molecule has 2 fully saturated rings. The summed E-state index contributed by atoms with van der Waals surface area (Å²) in [6.07, 6.45) is 10.1. The van der Waals surface area contributed by atoms with E-state index in [0.717, 1.165) is 51.6 Å². The van der Waals surface area contributed by atoms with E-state index in [9.17, 15) is 4.79 Å². The molecule has 1 saturated carbocycles. The molecule has 1 aliphatic carbocycles. The molecule has 4 nitrogen and oxygen atoms in total. The maximum atomic E-state index is 12.0.